The van der Waals surface area contributed by atoms with Gasteiger partial charge in [-0.1, -0.05) is 103 Å². The van der Waals surface area contributed by atoms with E-state index >= 15 is 0 Å². The molecule has 0 radical (unpaired) electrons. The lowest BCUT2D eigenvalue weighted by atomic mass is 9.97. The number of rotatable bonds is 14. The molecule has 1 aliphatic heterocycles. The molecule has 0 saturated carbocycles. The molecular weight excluding hydrogens is 594 g/mol. The number of nitrogens with one attached hydrogen (secondary N) is 2. The average molecular weight is 638 g/mol. The number of amides is 2. The number of hydrogen-bond donors (Lipinski definition) is 4. The lowest BCUT2D eigenvalue weighted by Gasteiger charge is -2.38. The maximum absolute atomic E-state index is 12.4. The number of aliphatic hydroxyl groups is 1. The summed E-state index contributed by atoms with van der Waals surface area (Å²) >= 11 is 0. The van der Waals surface area contributed by atoms with E-state index < -0.39 is 12.2 Å². The molecule has 1 saturated heterocycles. The Kier molecular flexibility index (Phi) is 12.3. The third kappa shape index (κ3) is 9.81. The number of nitrogens with zero attached hydrogens (tertiary/aromatic N) is 1. The van der Waals surface area contributed by atoms with Gasteiger partial charge < -0.3 is 19.9 Å². The highest BCUT2D eigenvalue weighted by Crippen LogP contribution is 2.39. The minimum absolute atomic E-state index is 0.00218. The molecule has 2 amide bonds. The Morgan fingerprint density at radius 1 is 0.809 bits per heavy atom. The second-order valence-corrected chi connectivity index (χ2v) is 12.0. The SMILES string of the molecule is CN(Cc1ccccc1)C[C@H]1C[C@@H](c2ccc(CO)cc2)O[C@@H](c2ccc(-c3ccccc3CNC(=O)CCCC(=O)NO)cc2)O1. The molecule has 0 aliphatic carbocycles. The van der Waals surface area contributed by atoms with Crippen molar-refractivity contribution in [1.82, 2.24) is 15.7 Å². The summed E-state index contributed by atoms with van der Waals surface area (Å²) in [5.74, 6) is -0.661. The molecule has 4 aromatic carbocycles. The Balaban J connectivity index is 1.28. The van der Waals surface area contributed by atoms with Crippen LogP contribution < -0.4 is 10.8 Å². The monoisotopic (exact) mass is 637 g/mol. The second kappa shape index (κ2) is 17.0. The fourth-order valence-corrected chi connectivity index (χ4v) is 5.86. The third-order valence-electron chi connectivity index (χ3n) is 8.35. The molecule has 1 fully saturated rings. The predicted molar refractivity (Wildman–Crippen MR) is 179 cm³/mol. The predicted octanol–water partition coefficient (Wildman–Crippen LogP) is 5.82. The van der Waals surface area contributed by atoms with Crippen LogP contribution in [-0.4, -0.2) is 46.7 Å². The van der Waals surface area contributed by atoms with Crippen molar-refractivity contribution in [1.29, 1.82) is 0 Å². The highest BCUT2D eigenvalue weighted by molar-refractivity contribution is 5.78. The van der Waals surface area contributed by atoms with Crippen LogP contribution in [-0.2, 0) is 38.8 Å². The molecule has 4 aromatic rings. The van der Waals surface area contributed by atoms with Gasteiger partial charge in [0.15, 0.2) is 6.29 Å². The van der Waals surface area contributed by atoms with E-state index in [1.54, 1.807) is 5.48 Å². The maximum Gasteiger partial charge on any atom is 0.243 e. The summed E-state index contributed by atoms with van der Waals surface area (Å²) in [7, 11) is 2.11. The molecular formula is C38H43N3O6. The molecule has 1 heterocycles. The molecule has 0 bridgehead atoms. The van der Waals surface area contributed by atoms with E-state index in [1.807, 2.05) is 78.9 Å². The summed E-state index contributed by atoms with van der Waals surface area (Å²) < 4.78 is 13.1. The van der Waals surface area contributed by atoms with Crippen molar-refractivity contribution in [2.45, 2.75) is 63.9 Å². The maximum atomic E-state index is 12.4. The first-order valence-electron chi connectivity index (χ1n) is 16.0. The van der Waals surface area contributed by atoms with Crippen LogP contribution >= 0.6 is 0 Å². The standard InChI is InChI=1S/C38H43N3O6/c1-41(24-27-8-3-2-4-9-27)25-33-22-35(30-16-14-28(26-42)15-17-30)47-38(46-33)31-20-18-29(19-21-31)34-11-6-5-10-32(34)23-39-36(43)12-7-13-37(44)40-45/h2-6,8-11,14-21,33,35,38,42,45H,7,12-13,22-26H2,1H3,(H,39,43)(H,40,44)/t33-,35+,38+/m1/s1. The highest BCUT2D eigenvalue weighted by atomic mass is 16.7. The first-order chi connectivity index (χ1) is 22.9. The zero-order valence-corrected chi connectivity index (χ0v) is 26.7. The van der Waals surface area contributed by atoms with E-state index in [-0.39, 0.29) is 37.6 Å². The van der Waals surface area contributed by atoms with E-state index in [4.69, 9.17) is 14.7 Å². The van der Waals surface area contributed by atoms with Gasteiger partial charge >= 0.3 is 0 Å². The number of benzene rings is 4. The van der Waals surface area contributed by atoms with E-state index in [2.05, 4.69) is 41.5 Å². The van der Waals surface area contributed by atoms with Crippen molar-refractivity contribution < 1.29 is 29.4 Å². The van der Waals surface area contributed by atoms with Gasteiger partial charge in [-0.3, -0.25) is 19.7 Å². The molecule has 3 atom stereocenters. The molecule has 9 heteroatoms. The Morgan fingerprint density at radius 3 is 2.21 bits per heavy atom. The fourth-order valence-electron chi connectivity index (χ4n) is 5.86. The van der Waals surface area contributed by atoms with Gasteiger partial charge in [0.25, 0.3) is 0 Å². The third-order valence-corrected chi connectivity index (χ3v) is 8.35. The van der Waals surface area contributed by atoms with Crippen LogP contribution in [0.25, 0.3) is 11.1 Å². The Hall–Kier alpha value is -4.38. The summed E-state index contributed by atoms with van der Waals surface area (Å²) in [6, 6.07) is 34.4. The summed E-state index contributed by atoms with van der Waals surface area (Å²) in [4.78, 5) is 25.8. The topological polar surface area (TPSA) is 120 Å². The summed E-state index contributed by atoms with van der Waals surface area (Å²) in [5, 5.41) is 21.1. The largest absolute Gasteiger partial charge is 0.392 e. The lowest BCUT2D eigenvalue weighted by Crippen LogP contribution is -2.37. The molecule has 1 aliphatic rings. The zero-order chi connectivity index (χ0) is 33.0. The summed E-state index contributed by atoms with van der Waals surface area (Å²) in [6.45, 7) is 1.91. The Morgan fingerprint density at radius 2 is 1.49 bits per heavy atom. The number of hydroxylamine groups is 1. The van der Waals surface area contributed by atoms with E-state index in [1.165, 1.54) is 5.56 Å². The van der Waals surface area contributed by atoms with Crippen molar-refractivity contribution in [3.63, 3.8) is 0 Å². The van der Waals surface area contributed by atoms with Crippen LogP contribution in [0.5, 0.6) is 0 Å². The van der Waals surface area contributed by atoms with E-state index in [0.29, 0.717) is 19.4 Å². The Labute approximate surface area is 276 Å². The van der Waals surface area contributed by atoms with Gasteiger partial charge in [-0.15, -0.1) is 0 Å². The van der Waals surface area contributed by atoms with Gasteiger partial charge in [0.1, 0.15) is 0 Å². The number of ether oxygens (including phenoxy) is 2. The molecule has 4 N–H and O–H groups in total. The van der Waals surface area contributed by atoms with Crippen molar-refractivity contribution in [2.24, 2.45) is 0 Å². The van der Waals surface area contributed by atoms with Crippen LogP contribution in [0, 0.1) is 0 Å². The van der Waals surface area contributed by atoms with Crippen LogP contribution in [0.3, 0.4) is 0 Å². The molecule has 246 valence electrons. The highest BCUT2D eigenvalue weighted by Gasteiger charge is 2.32. The molecule has 0 unspecified atom stereocenters. The first-order valence-corrected chi connectivity index (χ1v) is 16.0. The molecule has 5 rings (SSSR count). The second-order valence-electron chi connectivity index (χ2n) is 12.0. The summed E-state index contributed by atoms with van der Waals surface area (Å²) in [6.07, 6.45) is 0.555. The van der Waals surface area contributed by atoms with Gasteiger partial charge in [-0.2, -0.15) is 0 Å². The molecule has 0 spiro atoms. The quantitative estimate of drug-likeness (QED) is 0.102. The van der Waals surface area contributed by atoms with Gasteiger partial charge in [-0.05, 0) is 46.8 Å². The van der Waals surface area contributed by atoms with Crippen molar-refractivity contribution >= 4 is 11.8 Å². The normalized spacial score (nSPS) is 17.7. The molecule has 9 nitrogen and oxygen atoms in total. The smallest absolute Gasteiger partial charge is 0.243 e. The lowest BCUT2D eigenvalue weighted by molar-refractivity contribution is -0.252. The average Bonchev–Trinajstić information content (AvgIpc) is 3.11. The summed E-state index contributed by atoms with van der Waals surface area (Å²) in [5.41, 5.74) is 8.64. The van der Waals surface area contributed by atoms with E-state index in [9.17, 15) is 14.7 Å². The van der Waals surface area contributed by atoms with Crippen LogP contribution in [0.2, 0.25) is 0 Å². The van der Waals surface area contributed by atoms with Crippen LogP contribution in [0.15, 0.2) is 103 Å². The number of likely N-dealkylation sites (N-methyl/N-ethyl adjacent to an activating group) is 1. The van der Waals surface area contributed by atoms with E-state index in [0.717, 1.165) is 46.5 Å². The first kappa shape index (κ1) is 34.0. The number of hydrogen-bond acceptors (Lipinski definition) is 7. The van der Waals surface area contributed by atoms with Gasteiger partial charge in [0.05, 0.1) is 18.8 Å². The zero-order valence-electron chi connectivity index (χ0n) is 26.7. The number of carbonyl (C=O) groups excluding carboxylic acids is 2. The molecule has 0 aromatic heterocycles. The van der Waals surface area contributed by atoms with Crippen molar-refractivity contribution in [3.8, 4) is 11.1 Å². The van der Waals surface area contributed by atoms with Crippen LogP contribution in [0.4, 0.5) is 0 Å². The van der Waals surface area contributed by atoms with Gasteiger partial charge in [-0.25, -0.2) is 5.48 Å². The Bertz CT molecular complexity index is 1580. The van der Waals surface area contributed by atoms with Gasteiger partial charge in [0, 0.05) is 44.5 Å². The molecule has 47 heavy (non-hydrogen) atoms. The van der Waals surface area contributed by atoms with Gasteiger partial charge in [0.2, 0.25) is 11.8 Å². The minimum Gasteiger partial charge on any atom is -0.392 e. The van der Waals surface area contributed by atoms with Crippen molar-refractivity contribution in [2.75, 3.05) is 13.6 Å². The number of carbonyl (C=O) groups is 2. The fraction of sp³-hybridized carbons (Fsp3) is 0.316. The minimum atomic E-state index is -0.558. The van der Waals surface area contributed by atoms with Crippen LogP contribution in [0.1, 0.15) is 65.9 Å². The number of aliphatic hydroxyl groups excluding tert-OH is 1. The van der Waals surface area contributed by atoms with Crippen molar-refractivity contribution in [3.05, 3.63) is 131 Å².